The first-order chi connectivity index (χ1) is 26.4. The molecule has 0 radical (unpaired) electrons. The Morgan fingerprint density at radius 2 is 1.30 bits per heavy atom. The number of nitrogens with zero attached hydrogens (tertiary/aromatic N) is 3. The summed E-state index contributed by atoms with van der Waals surface area (Å²) in [6.45, 7) is 30.7. The number of ether oxygens (including phenoxy) is 1. The molecular formula is C35H68N8O11P2. The number of benzene rings is 1. The number of quaternary nitrogens is 3. The molecular weight excluding hydrogens is 770 g/mol. The number of nitrogens with one attached hydrogen (secondary N) is 4. The lowest BCUT2D eigenvalue weighted by Crippen LogP contribution is -3.11. The van der Waals surface area contributed by atoms with Gasteiger partial charge in [0.1, 0.15) is 24.0 Å². The Bertz CT molecular complexity index is 1480. The van der Waals surface area contributed by atoms with Crippen LogP contribution in [0.15, 0.2) is 35.1 Å². The molecule has 21 heteroatoms. The molecule has 0 spiro atoms. The second-order valence-electron chi connectivity index (χ2n) is 13.2. The molecule has 324 valence electrons. The topological polar surface area (TPSA) is 263 Å². The normalized spacial score (nSPS) is 20.2. The van der Waals surface area contributed by atoms with E-state index in [1.807, 2.05) is 30.3 Å². The zero-order chi connectivity index (χ0) is 42.6. The van der Waals surface area contributed by atoms with Gasteiger partial charge in [0.2, 0.25) is 5.95 Å². The lowest BCUT2D eigenvalue weighted by molar-refractivity contribution is -0.894. The number of hydrogen-bond acceptors (Lipinski definition) is 15. The minimum Gasteiger partial charge on any atom is -0.790 e. The number of H-pyrrole nitrogens is 1. The summed E-state index contributed by atoms with van der Waals surface area (Å²) in [4.78, 5) is 59.8. The largest absolute Gasteiger partial charge is 0.790 e. The third-order valence-corrected chi connectivity index (χ3v) is 11.8. The third-order valence-electron chi connectivity index (χ3n) is 9.76. The number of hydrogen-bond donors (Lipinski definition) is 7. The van der Waals surface area contributed by atoms with Crippen LogP contribution >= 0.6 is 15.6 Å². The second kappa shape index (κ2) is 25.8. The molecule has 2 aliphatic rings. The maximum absolute atomic E-state index is 12.7. The van der Waals surface area contributed by atoms with Crippen molar-refractivity contribution >= 4 is 33.1 Å². The van der Waals surface area contributed by atoms with Gasteiger partial charge in [-0.2, -0.15) is 4.98 Å². The highest BCUT2D eigenvalue weighted by atomic mass is 31.3. The van der Waals surface area contributed by atoms with Gasteiger partial charge in [-0.3, -0.25) is 18.7 Å². The molecule has 1 saturated heterocycles. The number of aliphatic hydroxyl groups excluding tert-OH is 2. The van der Waals surface area contributed by atoms with Crippen LogP contribution in [0.1, 0.15) is 67.9 Å². The Balaban J connectivity index is 0.000000610. The molecule has 0 aliphatic carbocycles. The number of fused-ring (bicyclic) bond motifs is 1. The number of phosphoric ester groups is 1. The predicted octanol–water partition coefficient (Wildman–Crippen LogP) is -3.29. The van der Waals surface area contributed by atoms with Crippen molar-refractivity contribution in [1.29, 1.82) is 0 Å². The molecule has 0 bridgehead atoms. The molecule has 19 nitrogen and oxygen atoms in total. The Morgan fingerprint density at radius 1 is 0.839 bits per heavy atom. The van der Waals surface area contributed by atoms with Gasteiger partial charge >= 0.3 is 0 Å². The van der Waals surface area contributed by atoms with Gasteiger partial charge in [0.05, 0.1) is 80.0 Å². The molecule has 1 fully saturated rings. The maximum Gasteiger partial charge on any atom is 0.278 e. The minimum absolute atomic E-state index is 0.0233. The molecule has 2 aromatic rings. The fraction of sp³-hybridized carbons (Fsp3) is 0.714. The van der Waals surface area contributed by atoms with Gasteiger partial charge in [-0.25, -0.2) is 0 Å². The highest BCUT2D eigenvalue weighted by Gasteiger charge is 2.49. The van der Waals surface area contributed by atoms with Crippen molar-refractivity contribution in [2.24, 2.45) is 0 Å². The summed E-state index contributed by atoms with van der Waals surface area (Å²) in [5.74, 6) is -0.159. The second-order valence-corrected chi connectivity index (χ2v) is 15.9. The van der Waals surface area contributed by atoms with Crippen molar-refractivity contribution in [1.82, 2.24) is 9.97 Å². The van der Waals surface area contributed by atoms with E-state index >= 15 is 0 Å². The van der Waals surface area contributed by atoms with Crippen LogP contribution in [0.2, 0.25) is 0 Å². The summed E-state index contributed by atoms with van der Waals surface area (Å²) in [5, 5.41) is 20.9. The number of nitrogen functional groups attached to an aromatic ring is 1. The highest BCUT2D eigenvalue weighted by Crippen LogP contribution is 2.50. The number of aromatic amines is 1. The number of rotatable bonds is 17. The zero-order valence-corrected chi connectivity index (χ0v) is 36.4. The summed E-state index contributed by atoms with van der Waals surface area (Å²) < 4.78 is 35.3. The maximum atomic E-state index is 12.7. The van der Waals surface area contributed by atoms with Crippen molar-refractivity contribution < 1.29 is 62.3 Å². The molecule has 1 aromatic heterocycles. The van der Waals surface area contributed by atoms with Gasteiger partial charge in [-0.05, 0) is 67.9 Å². The third kappa shape index (κ3) is 17.2. The fourth-order valence-corrected chi connectivity index (χ4v) is 7.60. The van der Waals surface area contributed by atoms with E-state index in [4.69, 9.17) is 10.5 Å². The first kappa shape index (κ1) is 51.5. The molecule has 1 unspecified atom stereocenters. The van der Waals surface area contributed by atoms with Gasteiger partial charge in [-0.15, -0.1) is 0 Å². The van der Waals surface area contributed by atoms with E-state index in [2.05, 4.69) is 81.1 Å². The summed E-state index contributed by atoms with van der Waals surface area (Å²) in [7, 11) is -11.5. The van der Waals surface area contributed by atoms with E-state index in [9.17, 15) is 38.8 Å². The first-order valence-corrected chi connectivity index (χ1v) is 22.5. The predicted molar refractivity (Wildman–Crippen MR) is 210 cm³/mol. The van der Waals surface area contributed by atoms with Crippen LogP contribution in [0.5, 0.6) is 0 Å². The first-order valence-electron chi connectivity index (χ1n) is 19.5. The molecule has 3 heterocycles. The van der Waals surface area contributed by atoms with Crippen molar-refractivity contribution in [3.8, 4) is 0 Å². The van der Waals surface area contributed by atoms with Crippen LogP contribution < -0.4 is 50.5 Å². The van der Waals surface area contributed by atoms with Gasteiger partial charge in [0.15, 0.2) is 12.0 Å². The van der Waals surface area contributed by atoms with Crippen molar-refractivity contribution in [2.45, 2.75) is 93.4 Å². The quantitative estimate of drug-likeness (QED) is 0.0771. The summed E-state index contributed by atoms with van der Waals surface area (Å²) in [5.41, 5.74) is 6.12. The molecule has 4 rings (SSSR count). The average molecular weight is 839 g/mol. The van der Waals surface area contributed by atoms with Gasteiger partial charge in [-0.1, -0.05) is 30.3 Å². The van der Waals surface area contributed by atoms with Crippen LogP contribution in [-0.2, 0) is 29.2 Å². The van der Waals surface area contributed by atoms with Crippen LogP contribution in [0.3, 0.4) is 0 Å². The number of anilines is 3. The Kier molecular flexibility index (Phi) is 23.7. The van der Waals surface area contributed by atoms with Crippen LogP contribution in [0.4, 0.5) is 17.5 Å². The van der Waals surface area contributed by atoms with Crippen LogP contribution in [0, 0.1) is 0 Å². The minimum atomic E-state index is -5.91. The van der Waals surface area contributed by atoms with Crippen molar-refractivity contribution in [3.05, 3.63) is 46.2 Å². The van der Waals surface area contributed by atoms with Gasteiger partial charge < -0.3 is 69.0 Å². The van der Waals surface area contributed by atoms with E-state index < -0.39 is 52.4 Å². The monoisotopic (exact) mass is 838 g/mol. The number of aromatic nitrogens is 2. The Labute approximate surface area is 332 Å². The number of phosphoric acid groups is 2. The SMILES string of the molecule is CC[NH+](CC)CC.CC[NH+](CC)CC.CC[NH+](CC)CC.Nc1nc2c(c(=O)[nH]1)N(Cc1ccccc1)CN2[C@@H]1O[C@H](COP(=O)([O-])OP(=O)([O-])[O-])[C@@H](O)[C@H]1O. The van der Waals surface area contributed by atoms with E-state index in [0.717, 1.165) is 5.56 Å². The molecule has 0 amide bonds. The lowest BCUT2D eigenvalue weighted by atomic mass is 10.1. The van der Waals surface area contributed by atoms with Crippen molar-refractivity contribution in [3.63, 3.8) is 0 Å². The number of aliphatic hydroxyl groups is 2. The summed E-state index contributed by atoms with van der Waals surface area (Å²) in [6.07, 6.45) is -6.14. The molecule has 2 aliphatic heterocycles. The van der Waals surface area contributed by atoms with Crippen LogP contribution in [-0.4, -0.2) is 117 Å². The van der Waals surface area contributed by atoms with E-state index in [1.165, 1.54) is 63.8 Å². The molecule has 56 heavy (non-hydrogen) atoms. The lowest BCUT2D eigenvalue weighted by Gasteiger charge is -2.35. The zero-order valence-electron chi connectivity index (χ0n) is 34.6. The van der Waals surface area contributed by atoms with Crippen molar-refractivity contribution in [2.75, 3.05) is 87.7 Å². The smallest absolute Gasteiger partial charge is 0.278 e. The standard InChI is InChI=1S/C17H23N5O11P2.3C6H15N/c18-17-19-14-11(15(25)20-17)21(6-9-4-2-1-3-5-9)8-22(14)16-13(24)12(23)10(32-16)7-31-35(29,30)33-34(26,27)28;3*1-4-7(5-2)6-3/h1-5,10,12-13,16,23-24H,6-8H2,(H,29,30)(H2,26,27,28)(H3,18,19,20,25);3*4-6H2,1-3H3/t10-,12-,13-,16-;;;/m1.../s1. The van der Waals surface area contributed by atoms with Gasteiger partial charge in [0.25, 0.3) is 13.4 Å². The Hall–Kier alpha value is -2.48. The average Bonchev–Trinajstić information content (AvgIpc) is 3.65. The number of nitrogens with two attached hydrogens (primary N) is 1. The molecule has 1 aromatic carbocycles. The summed E-state index contributed by atoms with van der Waals surface area (Å²) >= 11 is 0. The van der Waals surface area contributed by atoms with E-state index in [-0.39, 0.29) is 30.7 Å². The van der Waals surface area contributed by atoms with Gasteiger partial charge in [0, 0.05) is 6.54 Å². The molecule has 5 atom stereocenters. The van der Waals surface area contributed by atoms with Crippen LogP contribution in [0.25, 0.3) is 0 Å². The van der Waals surface area contributed by atoms with E-state index in [0.29, 0.717) is 0 Å². The molecule has 0 saturated carbocycles. The summed E-state index contributed by atoms with van der Waals surface area (Å²) in [6, 6.07) is 9.14. The van der Waals surface area contributed by atoms with E-state index in [1.54, 1.807) is 19.6 Å². The molecule has 8 N–H and O–H groups in total. The highest BCUT2D eigenvalue weighted by molar-refractivity contribution is 7.58. The fourth-order valence-electron chi connectivity index (χ4n) is 6.10. The Morgan fingerprint density at radius 3 is 1.71 bits per heavy atom.